The van der Waals surface area contributed by atoms with Gasteiger partial charge in [-0.3, -0.25) is 0 Å². The van der Waals surface area contributed by atoms with Crippen LogP contribution in [0.2, 0.25) is 0 Å². The van der Waals surface area contributed by atoms with Gasteiger partial charge in [-0.05, 0) is 240 Å². The van der Waals surface area contributed by atoms with Gasteiger partial charge in [0.25, 0.3) is 0 Å². The van der Waals surface area contributed by atoms with Gasteiger partial charge < -0.3 is 9.13 Å². The van der Waals surface area contributed by atoms with Crippen LogP contribution in [0.15, 0.2) is 473 Å². The Morgan fingerprint density at radius 2 is 0.445 bits per heavy atom. The standard InChI is InChI=1S/2C62H39NS/c1-4-16-40(17-5-1)44-31-35-59-55(36-44)56-38-46(41-18-6-2-7-19-41)37-54(62(56)64-59)45-30-34-49-48-22-14-15-27-57(48)63(58(49)39-45)47-32-28-43(29-33-47)61-52-25-12-10-23-50(52)60(42-20-8-3-9-21-42)51-24-11-13-26-53(51)61;1-3-16-40(17-4-1)46-20-7-8-21-47(46)43-32-36-57-55(38-43)56-39-44(48-27-15-28-54-49-22-13-14-29-59(49)64-62(48)54)33-37-58(56)63(57)45-34-30-42(31-35-45)61-52-25-11-9-23-50(52)60(41-18-5-2-6-19-41)51-24-10-12-26-53(51)61/h2*1-39H. The maximum absolute atomic E-state index is 2.46. The van der Waals surface area contributed by atoms with E-state index in [1.807, 2.05) is 22.7 Å². The van der Waals surface area contributed by atoms with Crippen LogP contribution in [0.5, 0.6) is 0 Å². The number of fused-ring (bicyclic) bond motifs is 16. The zero-order valence-corrected chi connectivity index (χ0v) is 71.4. The number of nitrogens with zero attached hydrogens (tertiary/aromatic N) is 2. The van der Waals surface area contributed by atoms with E-state index in [0.29, 0.717) is 0 Å². The van der Waals surface area contributed by atoms with Crippen molar-refractivity contribution in [3.8, 4) is 123 Å². The summed E-state index contributed by atoms with van der Waals surface area (Å²) >= 11 is 3.78. The van der Waals surface area contributed by atoms with Crippen LogP contribution in [-0.2, 0) is 0 Å². The second-order valence-electron chi connectivity index (χ2n) is 33.5. The molecule has 0 atom stereocenters. The van der Waals surface area contributed by atoms with Gasteiger partial charge in [-0.15, -0.1) is 22.7 Å². The molecule has 0 saturated heterocycles. The molecule has 26 aromatic rings. The number of hydrogen-bond acceptors (Lipinski definition) is 2. The Kier molecular flexibility index (Phi) is 18.1. The van der Waals surface area contributed by atoms with Gasteiger partial charge in [-0.25, -0.2) is 0 Å². The molecule has 0 fully saturated rings. The van der Waals surface area contributed by atoms with E-state index in [2.05, 4.69) is 482 Å². The lowest BCUT2D eigenvalue weighted by atomic mass is 9.86. The highest BCUT2D eigenvalue weighted by molar-refractivity contribution is 7.26. The summed E-state index contributed by atoms with van der Waals surface area (Å²) in [4.78, 5) is 0. The molecule has 0 spiro atoms. The van der Waals surface area contributed by atoms with Gasteiger partial charge in [0, 0.05) is 78.8 Å². The van der Waals surface area contributed by atoms with Gasteiger partial charge in [0.15, 0.2) is 0 Å². The lowest BCUT2D eigenvalue weighted by Gasteiger charge is -2.18. The molecule has 0 unspecified atom stereocenters. The number of rotatable bonds is 12. The van der Waals surface area contributed by atoms with E-state index in [1.54, 1.807) is 0 Å². The molecule has 0 radical (unpaired) electrons. The molecule has 596 valence electrons. The summed E-state index contributed by atoms with van der Waals surface area (Å²) in [5.74, 6) is 0. The van der Waals surface area contributed by atoms with Gasteiger partial charge in [0.05, 0.1) is 22.1 Å². The predicted molar refractivity (Wildman–Crippen MR) is 552 cm³/mol. The molecular weight excluding hydrogens is 1580 g/mol. The Morgan fingerprint density at radius 3 is 0.953 bits per heavy atom. The lowest BCUT2D eigenvalue weighted by Crippen LogP contribution is -1.95. The summed E-state index contributed by atoms with van der Waals surface area (Å²) in [6.07, 6.45) is 0. The van der Waals surface area contributed by atoms with Crippen molar-refractivity contribution in [3.05, 3.63) is 473 Å². The molecule has 0 N–H and O–H groups in total. The van der Waals surface area contributed by atoms with Crippen molar-refractivity contribution < 1.29 is 0 Å². The molecule has 0 aliphatic heterocycles. The second-order valence-corrected chi connectivity index (χ2v) is 35.6. The van der Waals surface area contributed by atoms with Crippen LogP contribution in [0, 0.1) is 0 Å². The van der Waals surface area contributed by atoms with Crippen molar-refractivity contribution in [2.24, 2.45) is 0 Å². The number of aromatic nitrogens is 2. The molecule has 0 aliphatic carbocycles. The number of hydrogen-bond donors (Lipinski definition) is 0. The maximum Gasteiger partial charge on any atom is 0.0547 e. The van der Waals surface area contributed by atoms with Gasteiger partial charge in [0.2, 0.25) is 0 Å². The molecule has 22 aromatic carbocycles. The van der Waals surface area contributed by atoms with Crippen LogP contribution >= 0.6 is 22.7 Å². The third-order valence-electron chi connectivity index (χ3n) is 26.4. The summed E-state index contributed by atoms with van der Waals surface area (Å²) in [6.45, 7) is 0. The van der Waals surface area contributed by atoms with Gasteiger partial charge in [0.1, 0.15) is 0 Å². The van der Waals surface area contributed by atoms with Crippen LogP contribution < -0.4 is 0 Å². The molecule has 4 heterocycles. The highest BCUT2D eigenvalue weighted by Gasteiger charge is 2.25. The fourth-order valence-electron chi connectivity index (χ4n) is 20.6. The third kappa shape index (κ3) is 12.5. The molecule has 4 heteroatoms. The molecule has 0 amide bonds. The lowest BCUT2D eigenvalue weighted by molar-refractivity contribution is 1.18. The van der Waals surface area contributed by atoms with E-state index in [4.69, 9.17) is 0 Å². The topological polar surface area (TPSA) is 9.86 Å². The molecule has 26 rings (SSSR count). The Hall–Kier alpha value is -16.1. The van der Waals surface area contributed by atoms with E-state index >= 15 is 0 Å². The van der Waals surface area contributed by atoms with E-state index in [0.717, 1.165) is 11.4 Å². The van der Waals surface area contributed by atoms with E-state index in [9.17, 15) is 0 Å². The molecule has 2 nitrogen and oxygen atoms in total. The second kappa shape index (κ2) is 31.0. The zero-order valence-electron chi connectivity index (χ0n) is 69.7. The Morgan fingerprint density at radius 1 is 0.133 bits per heavy atom. The predicted octanol–water partition coefficient (Wildman–Crippen LogP) is 35.6. The largest absolute Gasteiger partial charge is 0.309 e. The van der Waals surface area contributed by atoms with Crippen LogP contribution in [0.3, 0.4) is 0 Å². The number of thiophene rings is 2. The first-order valence-corrected chi connectivity index (χ1v) is 45.6. The van der Waals surface area contributed by atoms with E-state index < -0.39 is 0 Å². The molecular formula is C124H78N2S2. The normalized spacial score (nSPS) is 11.8. The Labute approximate surface area is 748 Å². The number of para-hydroxylation sites is 1. The first kappa shape index (κ1) is 74.5. The van der Waals surface area contributed by atoms with Crippen molar-refractivity contribution in [1.82, 2.24) is 9.13 Å². The van der Waals surface area contributed by atoms with Crippen molar-refractivity contribution >= 4 is 150 Å². The molecule has 0 saturated carbocycles. The Balaban J connectivity index is 0.000000139. The van der Waals surface area contributed by atoms with Gasteiger partial charge in [-0.2, -0.15) is 0 Å². The first-order chi connectivity index (χ1) is 63.5. The smallest absolute Gasteiger partial charge is 0.0547 e. The molecule has 0 aliphatic rings. The highest BCUT2D eigenvalue weighted by atomic mass is 32.1. The quantitative estimate of drug-likeness (QED) is 0.108. The van der Waals surface area contributed by atoms with Crippen LogP contribution in [-0.4, -0.2) is 9.13 Å². The Bertz CT molecular complexity index is 8770. The molecule has 128 heavy (non-hydrogen) atoms. The van der Waals surface area contributed by atoms with Crippen LogP contribution in [0.25, 0.3) is 250 Å². The minimum Gasteiger partial charge on any atom is -0.309 e. The van der Waals surface area contributed by atoms with E-state index in [1.165, 1.54) is 238 Å². The van der Waals surface area contributed by atoms with Gasteiger partial charge in [-0.1, -0.05) is 382 Å². The molecule has 4 aromatic heterocycles. The summed E-state index contributed by atoms with van der Waals surface area (Å²) in [7, 11) is 0. The fourth-order valence-corrected chi connectivity index (χ4v) is 23.0. The van der Waals surface area contributed by atoms with Crippen molar-refractivity contribution in [3.63, 3.8) is 0 Å². The average Bonchev–Trinajstić information content (AvgIpc) is 1.44. The number of benzene rings is 22. The summed E-state index contributed by atoms with van der Waals surface area (Å²) in [6, 6.07) is 174. The van der Waals surface area contributed by atoms with Crippen molar-refractivity contribution in [1.29, 1.82) is 0 Å². The highest BCUT2D eigenvalue weighted by Crippen LogP contribution is 2.51. The summed E-state index contributed by atoms with van der Waals surface area (Å²) in [5.41, 5.74) is 31.8. The minimum absolute atomic E-state index is 1.13. The maximum atomic E-state index is 2.46. The summed E-state index contributed by atoms with van der Waals surface area (Å²) < 4.78 is 10.2. The average molecular weight is 1660 g/mol. The van der Waals surface area contributed by atoms with Crippen molar-refractivity contribution in [2.75, 3.05) is 0 Å². The zero-order chi connectivity index (χ0) is 84.3. The summed E-state index contributed by atoms with van der Waals surface area (Å²) in [5, 5.41) is 20.3. The first-order valence-electron chi connectivity index (χ1n) is 44.0. The monoisotopic (exact) mass is 1660 g/mol. The fraction of sp³-hybridized carbons (Fsp3) is 0. The van der Waals surface area contributed by atoms with E-state index in [-0.39, 0.29) is 0 Å². The van der Waals surface area contributed by atoms with Crippen LogP contribution in [0.4, 0.5) is 0 Å². The molecule has 0 bridgehead atoms. The SMILES string of the molecule is c1ccc(-c2ccc3sc4c(-c5ccc6c7ccccc7n(-c7ccc(-c8c9ccccc9c(-c9ccccc9)c9ccccc89)cc7)c6c5)cc(-c5ccccc5)cc4c3c2)cc1.c1ccc(-c2ccccc2-c2ccc3c(c2)c2cc(-c4cccc5c4sc4ccccc45)ccc2n3-c2ccc(-c3c4ccccc4c(-c4ccccc4)c4ccccc34)cc2)cc1. The van der Waals surface area contributed by atoms with Crippen molar-refractivity contribution in [2.45, 2.75) is 0 Å². The minimum atomic E-state index is 1.13. The van der Waals surface area contributed by atoms with Crippen LogP contribution in [0.1, 0.15) is 0 Å². The van der Waals surface area contributed by atoms with Gasteiger partial charge >= 0.3 is 0 Å². The third-order valence-corrected chi connectivity index (χ3v) is 28.8.